The summed E-state index contributed by atoms with van der Waals surface area (Å²) in [4.78, 5) is 39.0. The lowest BCUT2D eigenvalue weighted by molar-refractivity contribution is -0.137. The highest BCUT2D eigenvalue weighted by atomic mass is 16.5. The number of rotatable bonds is 4. The van der Waals surface area contributed by atoms with Gasteiger partial charge in [-0.05, 0) is 19.1 Å². The molecule has 21 heavy (non-hydrogen) atoms. The van der Waals surface area contributed by atoms with Crippen LogP contribution in [0.25, 0.3) is 0 Å². The van der Waals surface area contributed by atoms with E-state index in [0.717, 1.165) is 0 Å². The topological polar surface area (TPSA) is 66.9 Å². The summed E-state index contributed by atoms with van der Waals surface area (Å²) in [6.07, 6.45) is 0. The fraction of sp³-hybridized carbons (Fsp3) is 0.400. The lowest BCUT2D eigenvalue weighted by Gasteiger charge is -2.34. The molecule has 0 atom stereocenters. The van der Waals surface area contributed by atoms with Crippen LogP contribution in [0, 0.1) is 0 Å². The van der Waals surface area contributed by atoms with E-state index in [1.54, 1.807) is 43.1 Å². The zero-order valence-corrected chi connectivity index (χ0v) is 12.2. The van der Waals surface area contributed by atoms with Gasteiger partial charge < -0.3 is 14.5 Å². The Hall–Kier alpha value is -2.37. The molecule has 1 aliphatic rings. The number of para-hydroxylation sites is 1. The van der Waals surface area contributed by atoms with Gasteiger partial charge in [0.2, 0.25) is 5.91 Å². The second-order valence-corrected chi connectivity index (χ2v) is 4.80. The molecule has 0 aromatic heterocycles. The minimum absolute atomic E-state index is 0.0142. The molecule has 1 amide bonds. The molecule has 6 heteroatoms. The first-order valence-electron chi connectivity index (χ1n) is 6.84. The fourth-order valence-electron chi connectivity index (χ4n) is 2.21. The van der Waals surface area contributed by atoms with Crippen molar-refractivity contribution in [1.82, 2.24) is 4.90 Å². The van der Waals surface area contributed by atoms with Crippen molar-refractivity contribution in [3.63, 3.8) is 0 Å². The highest BCUT2D eigenvalue weighted by molar-refractivity contribution is 6.41. The van der Waals surface area contributed by atoms with Crippen LogP contribution in [0.2, 0.25) is 0 Å². The normalized spacial score (nSPS) is 15.0. The van der Waals surface area contributed by atoms with Gasteiger partial charge in [-0.1, -0.05) is 12.1 Å². The fourth-order valence-corrected chi connectivity index (χ4v) is 2.21. The first-order valence-corrected chi connectivity index (χ1v) is 6.84. The van der Waals surface area contributed by atoms with Crippen LogP contribution in [0.15, 0.2) is 24.3 Å². The average Bonchev–Trinajstić information content (AvgIpc) is 2.49. The van der Waals surface area contributed by atoms with Gasteiger partial charge in [-0.2, -0.15) is 0 Å². The Kier molecular flexibility index (Phi) is 4.57. The SMILES string of the molecule is CCOC(=O)C(=O)c1ccccc1N1CCN(C)C(=O)C1. The molecule has 0 radical (unpaired) electrons. The standard InChI is InChI=1S/C15H18N2O4/c1-3-21-15(20)14(19)11-6-4-5-7-12(11)17-9-8-16(2)13(18)10-17/h4-7H,3,8-10H2,1-2H3. The Morgan fingerprint density at radius 1 is 1.24 bits per heavy atom. The molecule has 1 aliphatic heterocycles. The Bertz CT molecular complexity index is 571. The van der Waals surface area contributed by atoms with Crippen molar-refractivity contribution in [1.29, 1.82) is 0 Å². The van der Waals surface area contributed by atoms with Gasteiger partial charge in [0.15, 0.2) is 0 Å². The smallest absolute Gasteiger partial charge is 0.379 e. The summed E-state index contributed by atoms with van der Waals surface area (Å²) in [7, 11) is 1.75. The van der Waals surface area contributed by atoms with E-state index < -0.39 is 11.8 Å². The maximum atomic E-state index is 12.1. The molecule has 0 spiro atoms. The molecule has 112 valence electrons. The molecule has 1 aromatic rings. The molecular weight excluding hydrogens is 272 g/mol. The van der Waals surface area contributed by atoms with Crippen molar-refractivity contribution < 1.29 is 19.1 Å². The number of piperazine rings is 1. The summed E-state index contributed by atoms with van der Waals surface area (Å²) in [6, 6.07) is 6.79. The maximum Gasteiger partial charge on any atom is 0.379 e. The molecule has 1 heterocycles. The minimum atomic E-state index is -0.870. The Balaban J connectivity index is 2.27. The predicted molar refractivity (Wildman–Crippen MR) is 77.3 cm³/mol. The van der Waals surface area contributed by atoms with Gasteiger partial charge >= 0.3 is 5.97 Å². The Labute approximate surface area is 123 Å². The first kappa shape index (κ1) is 15.0. The van der Waals surface area contributed by atoms with Gasteiger partial charge in [-0.3, -0.25) is 9.59 Å². The summed E-state index contributed by atoms with van der Waals surface area (Å²) < 4.78 is 4.76. The van der Waals surface area contributed by atoms with Crippen LogP contribution in [-0.2, 0) is 14.3 Å². The number of nitrogens with zero attached hydrogens (tertiary/aromatic N) is 2. The Morgan fingerprint density at radius 2 is 1.95 bits per heavy atom. The third kappa shape index (κ3) is 3.21. The van der Waals surface area contributed by atoms with Crippen molar-refractivity contribution in [2.45, 2.75) is 6.92 Å². The van der Waals surface area contributed by atoms with Crippen LogP contribution < -0.4 is 4.90 Å². The second kappa shape index (κ2) is 6.39. The highest BCUT2D eigenvalue weighted by Crippen LogP contribution is 2.22. The van der Waals surface area contributed by atoms with Crippen molar-refractivity contribution in [3.8, 4) is 0 Å². The molecule has 0 saturated carbocycles. The number of amides is 1. The lowest BCUT2D eigenvalue weighted by Crippen LogP contribution is -2.49. The van der Waals surface area contributed by atoms with Gasteiger partial charge in [-0.25, -0.2) is 4.79 Å². The van der Waals surface area contributed by atoms with Gasteiger partial charge in [0.05, 0.1) is 18.7 Å². The third-order valence-corrected chi connectivity index (χ3v) is 3.41. The number of hydrogen-bond acceptors (Lipinski definition) is 5. The van der Waals surface area contributed by atoms with Gasteiger partial charge in [-0.15, -0.1) is 0 Å². The molecule has 0 N–H and O–H groups in total. The number of ketones is 1. The van der Waals surface area contributed by atoms with E-state index >= 15 is 0 Å². The number of hydrogen-bond donors (Lipinski definition) is 0. The summed E-state index contributed by atoms with van der Waals surface area (Å²) >= 11 is 0. The predicted octanol–water partition coefficient (Wildman–Crippen LogP) is 0.711. The molecule has 2 rings (SSSR count). The molecule has 1 fully saturated rings. The number of benzene rings is 1. The second-order valence-electron chi connectivity index (χ2n) is 4.80. The van der Waals surface area contributed by atoms with E-state index in [9.17, 15) is 14.4 Å². The van der Waals surface area contributed by atoms with Crippen LogP contribution >= 0.6 is 0 Å². The van der Waals surface area contributed by atoms with E-state index in [0.29, 0.717) is 18.8 Å². The van der Waals surface area contributed by atoms with E-state index in [4.69, 9.17) is 4.74 Å². The van der Waals surface area contributed by atoms with Crippen LogP contribution in [0.4, 0.5) is 5.69 Å². The van der Waals surface area contributed by atoms with Crippen molar-refractivity contribution in [2.75, 3.05) is 38.2 Å². The number of Topliss-reactive ketones (excluding diaryl/α,β-unsaturated/α-hetero) is 1. The first-order chi connectivity index (χ1) is 10.0. The Morgan fingerprint density at radius 3 is 2.62 bits per heavy atom. The number of anilines is 1. The quantitative estimate of drug-likeness (QED) is 0.464. The van der Waals surface area contributed by atoms with Crippen molar-refractivity contribution >= 4 is 23.3 Å². The average molecular weight is 290 g/mol. The number of esters is 1. The third-order valence-electron chi connectivity index (χ3n) is 3.41. The van der Waals surface area contributed by atoms with Crippen molar-refractivity contribution in [2.24, 2.45) is 0 Å². The summed E-state index contributed by atoms with van der Waals surface area (Å²) in [5.41, 5.74) is 0.866. The summed E-state index contributed by atoms with van der Waals surface area (Å²) in [5, 5.41) is 0. The minimum Gasteiger partial charge on any atom is -0.460 e. The molecule has 6 nitrogen and oxygen atoms in total. The van der Waals surface area contributed by atoms with E-state index in [-0.39, 0.29) is 24.6 Å². The van der Waals surface area contributed by atoms with E-state index in [1.165, 1.54) is 0 Å². The van der Waals surface area contributed by atoms with Gasteiger partial charge in [0, 0.05) is 25.8 Å². The molecule has 1 saturated heterocycles. The van der Waals surface area contributed by atoms with Crippen LogP contribution in [0.3, 0.4) is 0 Å². The molecule has 1 aromatic carbocycles. The van der Waals surface area contributed by atoms with Crippen LogP contribution in [-0.4, -0.2) is 55.8 Å². The summed E-state index contributed by atoms with van der Waals surface area (Å²) in [5.74, 6) is -1.57. The zero-order chi connectivity index (χ0) is 15.4. The lowest BCUT2D eigenvalue weighted by atomic mass is 10.1. The largest absolute Gasteiger partial charge is 0.460 e. The highest BCUT2D eigenvalue weighted by Gasteiger charge is 2.27. The zero-order valence-electron chi connectivity index (χ0n) is 12.2. The van der Waals surface area contributed by atoms with Crippen molar-refractivity contribution in [3.05, 3.63) is 29.8 Å². The number of carbonyl (C=O) groups excluding carboxylic acids is 3. The van der Waals surface area contributed by atoms with E-state index in [2.05, 4.69) is 0 Å². The maximum absolute atomic E-state index is 12.1. The van der Waals surface area contributed by atoms with Gasteiger partial charge in [0.25, 0.3) is 5.78 Å². The monoisotopic (exact) mass is 290 g/mol. The molecule has 0 aliphatic carbocycles. The van der Waals surface area contributed by atoms with E-state index in [1.807, 2.05) is 4.90 Å². The van der Waals surface area contributed by atoms with Crippen LogP contribution in [0.1, 0.15) is 17.3 Å². The molecular formula is C15H18N2O4. The molecule has 0 unspecified atom stereocenters. The van der Waals surface area contributed by atoms with Crippen LogP contribution in [0.5, 0.6) is 0 Å². The number of ether oxygens (including phenoxy) is 1. The molecule has 0 bridgehead atoms. The number of carbonyl (C=O) groups is 3. The van der Waals surface area contributed by atoms with Gasteiger partial charge in [0.1, 0.15) is 0 Å². The number of likely N-dealkylation sites (N-methyl/N-ethyl adjacent to an activating group) is 1. The summed E-state index contributed by atoms with van der Waals surface area (Å²) in [6.45, 7) is 3.20.